The maximum atomic E-state index is 12.7. The van der Waals surface area contributed by atoms with E-state index in [-0.39, 0.29) is 5.91 Å². The Morgan fingerprint density at radius 3 is 2.41 bits per heavy atom. The number of amides is 1. The normalized spacial score (nSPS) is 12.7. The minimum atomic E-state index is 0.0381. The molecule has 0 saturated heterocycles. The van der Waals surface area contributed by atoms with Crippen LogP contribution in [0.2, 0.25) is 0 Å². The predicted molar refractivity (Wildman–Crippen MR) is 85.6 cm³/mol. The van der Waals surface area contributed by atoms with E-state index in [1.165, 1.54) is 0 Å². The summed E-state index contributed by atoms with van der Waals surface area (Å²) in [6.45, 7) is 0.512. The molecule has 0 bridgehead atoms. The smallest absolute Gasteiger partial charge is 0.259 e. The number of nitriles is 1. The van der Waals surface area contributed by atoms with Crippen molar-refractivity contribution >= 4 is 22.4 Å². The molecule has 0 saturated carbocycles. The average Bonchev–Trinajstić information content (AvgIpc) is 2.84. The lowest BCUT2D eigenvalue weighted by atomic mass is 10.1. The van der Waals surface area contributed by atoms with Crippen LogP contribution in [0.15, 0.2) is 60.7 Å². The summed E-state index contributed by atoms with van der Waals surface area (Å²) in [5.41, 5.74) is 3.36. The predicted octanol–water partition coefficient (Wildman–Crippen LogP) is 3.87. The lowest BCUT2D eigenvalue weighted by Crippen LogP contribution is -2.25. The van der Waals surface area contributed by atoms with Gasteiger partial charge < -0.3 is 4.90 Å². The van der Waals surface area contributed by atoms with Crippen LogP contribution in [0.4, 0.5) is 5.69 Å². The van der Waals surface area contributed by atoms with Crippen molar-refractivity contribution in [2.45, 2.75) is 6.54 Å². The number of benzene rings is 3. The van der Waals surface area contributed by atoms with E-state index in [1.807, 2.05) is 48.5 Å². The van der Waals surface area contributed by atoms with Crippen molar-refractivity contribution in [3.8, 4) is 6.07 Å². The summed E-state index contributed by atoms with van der Waals surface area (Å²) in [5, 5.41) is 11.0. The number of carbonyl (C=O) groups excluding carboxylic acids is 1. The van der Waals surface area contributed by atoms with Crippen LogP contribution in [0.3, 0.4) is 0 Å². The second kappa shape index (κ2) is 4.71. The SMILES string of the molecule is N#Cc1ccc(CN2C(=O)c3cccc4cccc2c34)cc1. The summed E-state index contributed by atoms with van der Waals surface area (Å²) < 4.78 is 0. The van der Waals surface area contributed by atoms with Gasteiger partial charge in [0.2, 0.25) is 0 Å². The summed E-state index contributed by atoms with van der Waals surface area (Å²) in [6.07, 6.45) is 0. The standard InChI is InChI=1S/C19H12N2O/c20-11-13-7-9-14(10-8-13)12-21-17-6-2-4-15-3-1-5-16(18(15)17)19(21)22/h1-10H,12H2. The number of hydrogen-bond acceptors (Lipinski definition) is 2. The highest BCUT2D eigenvalue weighted by Crippen LogP contribution is 2.37. The van der Waals surface area contributed by atoms with Gasteiger partial charge in [0.1, 0.15) is 0 Å². The molecule has 3 aromatic carbocycles. The lowest BCUT2D eigenvalue weighted by molar-refractivity contribution is 0.0991. The van der Waals surface area contributed by atoms with Gasteiger partial charge in [0.25, 0.3) is 5.91 Å². The molecule has 4 rings (SSSR count). The minimum absolute atomic E-state index is 0.0381. The molecule has 0 aromatic heterocycles. The Hall–Kier alpha value is -3.12. The number of nitrogens with zero attached hydrogens (tertiary/aromatic N) is 2. The monoisotopic (exact) mass is 284 g/mol. The molecule has 3 heteroatoms. The highest BCUT2D eigenvalue weighted by atomic mass is 16.2. The van der Waals surface area contributed by atoms with Crippen molar-refractivity contribution < 1.29 is 4.79 Å². The largest absolute Gasteiger partial charge is 0.303 e. The van der Waals surface area contributed by atoms with Crippen molar-refractivity contribution in [1.82, 2.24) is 0 Å². The molecule has 104 valence electrons. The number of hydrogen-bond donors (Lipinski definition) is 0. The van der Waals surface area contributed by atoms with Gasteiger partial charge in [-0.25, -0.2) is 0 Å². The fourth-order valence-electron chi connectivity index (χ4n) is 3.00. The molecule has 1 aliphatic rings. The molecular formula is C19H12N2O. The summed E-state index contributed by atoms with van der Waals surface area (Å²) >= 11 is 0. The molecule has 22 heavy (non-hydrogen) atoms. The molecule has 0 aliphatic carbocycles. The van der Waals surface area contributed by atoms with Crippen molar-refractivity contribution in [2.24, 2.45) is 0 Å². The molecular weight excluding hydrogens is 272 g/mol. The van der Waals surface area contributed by atoms with Gasteiger partial charge >= 0.3 is 0 Å². The second-order valence-electron chi connectivity index (χ2n) is 5.38. The van der Waals surface area contributed by atoms with E-state index in [0.717, 1.165) is 27.6 Å². The second-order valence-corrected chi connectivity index (χ2v) is 5.38. The highest BCUT2D eigenvalue weighted by Gasteiger charge is 2.29. The van der Waals surface area contributed by atoms with Crippen LogP contribution in [-0.2, 0) is 6.54 Å². The van der Waals surface area contributed by atoms with Gasteiger partial charge in [-0.05, 0) is 35.2 Å². The van der Waals surface area contributed by atoms with Gasteiger partial charge in [0, 0.05) is 10.9 Å². The van der Waals surface area contributed by atoms with Gasteiger partial charge in [0.15, 0.2) is 0 Å². The van der Waals surface area contributed by atoms with E-state index in [2.05, 4.69) is 6.07 Å². The lowest BCUT2D eigenvalue weighted by Gasteiger charge is -2.17. The third-order valence-corrected chi connectivity index (χ3v) is 4.07. The van der Waals surface area contributed by atoms with Crippen LogP contribution in [0.25, 0.3) is 10.8 Å². The highest BCUT2D eigenvalue weighted by molar-refractivity contribution is 6.24. The van der Waals surface area contributed by atoms with Crippen molar-refractivity contribution in [1.29, 1.82) is 5.26 Å². The van der Waals surface area contributed by atoms with Gasteiger partial charge in [0.05, 0.1) is 23.9 Å². The van der Waals surface area contributed by atoms with E-state index < -0.39 is 0 Å². The first-order chi connectivity index (χ1) is 10.8. The summed E-state index contributed by atoms with van der Waals surface area (Å²) in [4.78, 5) is 14.5. The van der Waals surface area contributed by atoms with Crippen molar-refractivity contribution in [3.05, 3.63) is 77.4 Å². The Bertz CT molecular complexity index is 931. The van der Waals surface area contributed by atoms with Crippen molar-refractivity contribution in [2.75, 3.05) is 4.90 Å². The van der Waals surface area contributed by atoms with Crippen LogP contribution in [-0.4, -0.2) is 5.91 Å². The van der Waals surface area contributed by atoms with Gasteiger partial charge in [-0.1, -0.05) is 36.4 Å². The third-order valence-electron chi connectivity index (χ3n) is 4.07. The maximum Gasteiger partial charge on any atom is 0.259 e. The molecule has 0 spiro atoms. The Labute approximate surface area is 128 Å². The molecule has 1 aliphatic heterocycles. The zero-order valence-electron chi connectivity index (χ0n) is 11.8. The molecule has 1 amide bonds. The summed E-state index contributed by atoms with van der Waals surface area (Å²) in [6, 6.07) is 21.3. The van der Waals surface area contributed by atoms with Crippen LogP contribution in [0.5, 0.6) is 0 Å². The first-order valence-corrected chi connectivity index (χ1v) is 7.10. The van der Waals surface area contributed by atoms with Crippen LogP contribution < -0.4 is 4.90 Å². The maximum absolute atomic E-state index is 12.7. The summed E-state index contributed by atoms with van der Waals surface area (Å²) in [7, 11) is 0. The van der Waals surface area contributed by atoms with E-state index >= 15 is 0 Å². The molecule has 3 aromatic rings. The fourth-order valence-corrected chi connectivity index (χ4v) is 3.00. The molecule has 0 unspecified atom stereocenters. The molecule has 1 heterocycles. The van der Waals surface area contributed by atoms with E-state index in [4.69, 9.17) is 5.26 Å². The van der Waals surface area contributed by atoms with E-state index in [9.17, 15) is 4.79 Å². The number of carbonyl (C=O) groups is 1. The quantitative estimate of drug-likeness (QED) is 0.717. The Balaban J connectivity index is 1.77. The van der Waals surface area contributed by atoms with Crippen LogP contribution >= 0.6 is 0 Å². The topological polar surface area (TPSA) is 44.1 Å². The Morgan fingerprint density at radius 2 is 1.68 bits per heavy atom. The zero-order valence-corrected chi connectivity index (χ0v) is 11.8. The average molecular weight is 284 g/mol. The van der Waals surface area contributed by atoms with Gasteiger partial charge in [-0.15, -0.1) is 0 Å². The van der Waals surface area contributed by atoms with E-state index in [1.54, 1.807) is 17.0 Å². The third kappa shape index (κ3) is 1.78. The Morgan fingerprint density at radius 1 is 0.955 bits per heavy atom. The summed E-state index contributed by atoms with van der Waals surface area (Å²) in [5.74, 6) is 0.0381. The van der Waals surface area contributed by atoms with Crippen molar-refractivity contribution in [3.63, 3.8) is 0 Å². The molecule has 0 N–H and O–H groups in total. The zero-order chi connectivity index (χ0) is 15.1. The number of anilines is 1. The minimum Gasteiger partial charge on any atom is -0.303 e. The molecule has 3 nitrogen and oxygen atoms in total. The first kappa shape index (κ1) is 12.6. The Kier molecular flexibility index (Phi) is 2.70. The first-order valence-electron chi connectivity index (χ1n) is 7.10. The van der Waals surface area contributed by atoms with E-state index in [0.29, 0.717) is 12.1 Å². The fraction of sp³-hybridized carbons (Fsp3) is 0.0526. The van der Waals surface area contributed by atoms with Crippen LogP contribution in [0.1, 0.15) is 21.5 Å². The molecule has 0 radical (unpaired) electrons. The molecule has 0 atom stereocenters. The molecule has 0 fully saturated rings. The van der Waals surface area contributed by atoms with Gasteiger partial charge in [-0.3, -0.25) is 4.79 Å². The van der Waals surface area contributed by atoms with Gasteiger partial charge in [-0.2, -0.15) is 5.26 Å². The number of rotatable bonds is 2. The van der Waals surface area contributed by atoms with Crippen LogP contribution in [0, 0.1) is 11.3 Å².